The maximum atomic E-state index is 12.2. The molecule has 2 fully saturated rings. The highest BCUT2D eigenvalue weighted by atomic mass is 16.5. The van der Waals surface area contributed by atoms with Crippen LogP contribution < -0.4 is 5.73 Å². The van der Waals surface area contributed by atoms with Crippen LogP contribution in [0.2, 0.25) is 0 Å². The zero-order valence-electron chi connectivity index (χ0n) is 11.9. The number of hydrogen-bond acceptors (Lipinski definition) is 5. The van der Waals surface area contributed by atoms with Gasteiger partial charge in [-0.25, -0.2) is 0 Å². The molecule has 2 heterocycles. The van der Waals surface area contributed by atoms with Crippen LogP contribution in [0.1, 0.15) is 13.8 Å². The first-order valence-electron chi connectivity index (χ1n) is 6.96. The Kier molecular flexibility index (Phi) is 4.78. The van der Waals surface area contributed by atoms with Crippen LogP contribution in [0.5, 0.6) is 0 Å². The van der Waals surface area contributed by atoms with Crippen LogP contribution >= 0.6 is 0 Å². The summed E-state index contributed by atoms with van der Waals surface area (Å²) in [5, 5.41) is 0. The van der Waals surface area contributed by atoms with E-state index in [0.717, 1.165) is 13.1 Å². The van der Waals surface area contributed by atoms with E-state index in [1.165, 1.54) is 0 Å². The van der Waals surface area contributed by atoms with Crippen LogP contribution in [0.25, 0.3) is 0 Å². The van der Waals surface area contributed by atoms with Gasteiger partial charge >= 0.3 is 0 Å². The third kappa shape index (κ3) is 4.14. The van der Waals surface area contributed by atoms with Crippen molar-refractivity contribution >= 4 is 5.91 Å². The van der Waals surface area contributed by atoms with Gasteiger partial charge in [-0.3, -0.25) is 9.69 Å². The molecule has 0 aromatic heterocycles. The molecule has 0 radical (unpaired) electrons. The molecule has 2 rings (SSSR count). The van der Waals surface area contributed by atoms with Gasteiger partial charge in [0.25, 0.3) is 0 Å². The van der Waals surface area contributed by atoms with Crippen molar-refractivity contribution in [1.29, 1.82) is 0 Å². The molecule has 6 heteroatoms. The van der Waals surface area contributed by atoms with Crippen LogP contribution in [-0.2, 0) is 14.3 Å². The number of carbonyl (C=O) groups is 1. The fourth-order valence-corrected chi connectivity index (χ4v) is 2.76. The summed E-state index contributed by atoms with van der Waals surface area (Å²) in [7, 11) is 0. The number of rotatable bonds is 3. The Balaban J connectivity index is 1.88. The molecular weight excluding hydrogens is 246 g/mol. The Hall–Kier alpha value is -0.690. The minimum Gasteiger partial charge on any atom is -0.378 e. The molecule has 0 bridgehead atoms. The Morgan fingerprint density at radius 1 is 1.37 bits per heavy atom. The summed E-state index contributed by atoms with van der Waals surface area (Å²) in [4.78, 5) is 16.3. The lowest BCUT2D eigenvalue weighted by Crippen LogP contribution is -2.57. The lowest BCUT2D eigenvalue weighted by molar-refractivity contribution is -0.149. The van der Waals surface area contributed by atoms with Crippen molar-refractivity contribution in [3.63, 3.8) is 0 Å². The number of ether oxygens (including phenoxy) is 2. The van der Waals surface area contributed by atoms with Gasteiger partial charge in [0, 0.05) is 32.7 Å². The third-order valence-electron chi connectivity index (χ3n) is 3.54. The summed E-state index contributed by atoms with van der Waals surface area (Å²) in [6.07, 6.45) is 0.0150. The normalized spacial score (nSPS) is 28.4. The van der Waals surface area contributed by atoms with Crippen LogP contribution in [0, 0.1) is 0 Å². The van der Waals surface area contributed by atoms with Crippen molar-refractivity contribution < 1.29 is 14.3 Å². The number of hydrogen-bond donors (Lipinski definition) is 1. The second kappa shape index (κ2) is 6.17. The molecule has 2 aliphatic rings. The molecule has 0 aromatic carbocycles. The quantitative estimate of drug-likeness (QED) is 0.734. The molecule has 2 saturated heterocycles. The van der Waals surface area contributed by atoms with Gasteiger partial charge in [-0.2, -0.15) is 0 Å². The molecule has 2 aliphatic heterocycles. The molecular formula is C13H25N3O3. The number of nitrogens with zero attached hydrogens (tertiary/aromatic N) is 2. The average Bonchev–Trinajstić information content (AvgIpc) is 2.37. The lowest BCUT2D eigenvalue weighted by atomic mass is 10.1. The lowest BCUT2D eigenvalue weighted by Gasteiger charge is -2.42. The fraction of sp³-hybridized carbons (Fsp3) is 0.923. The van der Waals surface area contributed by atoms with E-state index in [1.54, 1.807) is 0 Å². The van der Waals surface area contributed by atoms with Crippen molar-refractivity contribution in [2.24, 2.45) is 5.73 Å². The van der Waals surface area contributed by atoms with Crippen LogP contribution in [0.15, 0.2) is 0 Å². The summed E-state index contributed by atoms with van der Waals surface area (Å²) >= 11 is 0. The minimum atomic E-state index is -0.242. The van der Waals surface area contributed by atoms with Gasteiger partial charge in [0.15, 0.2) is 0 Å². The molecule has 0 aliphatic carbocycles. The van der Waals surface area contributed by atoms with E-state index in [-0.39, 0.29) is 17.6 Å². The van der Waals surface area contributed by atoms with E-state index in [0.29, 0.717) is 39.4 Å². The SMILES string of the molecule is CC1(C)CN(CC(=O)N2CCOCC2)CC(CN)O1. The van der Waals surface area contributed by atoms with Crippen molar-refractivity contribution in [3.05, 3.63) is 0 Å². The van der Waals surface area contributed by atoms with Crippen LogP contribution in [0.4, 0.5) is 0 Å². The van der Waals surface area contributed by atoms with Gasteiger partial charge < -0.3 is 20.1 Å². The molecule has 0 spiro atoms. The largest absolute Gasteiger partial charge is 0.378 e. The van der Waals surface area contributed by atoms with Gasteiger partial charge in [0.1, 0.15) is 0 Å². The average molecular weight is 271 g/mol. The summed E-state index contributed by atoms with van der Waals surface area (Å²) in [6.45, 7) is 9.21. The molecule has 0 aromatic rings. The van der Waals surface area contributed by atoms with E-state index >= 15 is 0 Å². The minimum absolute atomic E-state index is 0.0150. The maximum Gasteiger partial charge on any atom is 0.236 e. The summed E-state index contributed by atoms with van der Waals surface area (Å²) in [5.74, 6) is 0.178. The van der Waals surface area contributed by atoms with Gasteiger partial charge in [-0.15, -0.1) is 0 Å². The first kappa shape index (κ1) is 14.7. The Morgan fingerprint density at radius 2 is 2.05 bits per heavy atom. The molecule has 2 N–H and O–H groups in total. The first-order valence-corrected chi connectivity index (χ1v) is 6.96. The van der Waals surface area contributed by atoms with Gasteiger partial charge in [0.2, 0.25) is 5.91 Å². The van der Waals surface area contributed by atoms with E-state index in [4.69, 9.17) is 15.2 Å². The van der Waals surface area contributed by atoms with Crippen molar-refractivity contribution in [3.8, 4) is 0 Å². The topological polar surface area (TPSA) is 68.0 Å². The zero-order valence-corrected chi connectivity index (χ0v) is 11.9. The molecule has 1 amide bonds. The molecule has 0 saturated carbocycles. The highest BCUT2D eigenvalue weighted by molar-refractivity contribution is 5.78. The smallest absolute Gasteiger partial charge is 0.236 e. The van der Waals surface area contributed by atoms with Crippen molar-refractivity contribution in [2.75, 3.05) is 52.5 Å². The van der Waals surface area contributed by atoms with Gasteiger partial charge in [-0.1, -0.05) is 0 Å². The predicted molar refractivity (Wildman–Crippen MR) is 71.8 cm³/mol. The number of carbonyl (C=O) groups excluding carboxylic acids is 1. The molecule has 1 unspecified atom stereocenters. The van der Waals surface area contributed by atoms with Crippen molar-refractivity contribution in [2.45, 2.75) is 25.6 Å². The Bertz CT molecular complexity index is 316. The first-order chi connectivity index (χ1) is 9.00. The van der Waals surface area contributed by atoms with Crippen molar-refractivity contribution in [1.82, 2.24) is 9.80 Å². The highest BCUT2D eigenvalue weighted by Crippen LogP contribution is 2.20. The Morgan fingerprint density at radius 3 is 2.68 bits per heavy atom. The fourth-order valence-electron chi connectivity index (χ4n) is 2.76. The maximum absolute atomic E-state index is 12.2. The van der Waals surface area contributed by atoms with Crippen LogP contribution in [0.3, 0.4) is 0 Å². The predicted octanol–water partition coefficient (Wildman–Crippen LogP) is -0.717. The molecule has 19 heavy (non-hydrogen) atoms. The Labute approximate surface area is 114 Å². The highest BCUT2D eigenvalue weighted by Gasteiger charge is 2.34. The van der Waals surface area contributed by atoms with E-state index in [1.807, 2.05) is 18.7 Å². The molecule has 6 nitrogen and oxygen atoms in total. The number of nitrogens with two attached hydrogens (primary N) is 1. The van der Waals surface area contributed by atoms with Crippen LogP contribution in [-0.4, -0.2) is 79.9 Å². The second-order valence-corrected chi connectivity index (χ2v) is 5.90. The monoisotopic (exact) mass is 271 g/mol. The van der Waals surface area contributed by atoms with Gasteiger partial charge in [-0.05, 0) is 13.8 Å². The zero-order chi connectivity index (χ0) is 13.9. The number of amides is 1. The summed E-state index contributed by atoms with van der Waals surface area (Å²) in [5.41, 5.74) is 5.45. The number of morpholine rings is 2. The van der Waals surface area contributed by atoms with E-state index in [9.17, 15) is 4.79 Å². The van der Waals surface area contributed by atoms with E-state index in [2.05, 4.69) is 4.90 Å². The summed E-state index contributed by atoms with van der Waals surface area (Å²) in [6, 6.07) is 0. The molecule has 110 valence electrons. The molecule has 1 atom stereocenters. The third-order valence-corrected chi connectivity index (χ3v) is 3.54. The van der Waals surface area contributed by atoms with E-state index < -0.39 is 0 Å². The second-order valence-electron chi connectivity index (χ2n) is 5.90. The summed E-state index contributed by atoms with van der Waals surface area (Å²) < 4.78 is 11.1. The standard InChI is InChI=1S/C13H25N3O3/c1-13(2)10-15(8-11(7-14)19-13)9-12(17)16-3-5-18-6-4-16/h11H,3-10,14H2,1-2H3. The van der Waals surface area contributed by atoms with Gasteiger partial charge in [0.05, 0.1) is 31.5 Å².